The zero-order chi connectivity index (χ0) is 9.23. The molecule has 0 rings (SSSR count). The zero-order valence-corrected chi connectivity index (χ0v) is 8.55. The van der Waals surface area contributed by atoms with Crippen molar-refractivity contribution in [2.45, 2.75) is 33.6 Å². The summed E-state index contributed by atoms with van der Waals surface area (Å²) in [7, 11) is 0. The molecular weight excluding hydrogens is 150 g/mol. The van der Waals surface area contributed by atoms with E-state index in [1.165, 1.54) is 12.8 Å². The second-order valence-electron chi connectivity index (χ2n) is 2.77. The maximum absolute atomic E-state index is 5.32. The minimum atomic E-state index is 0.723. The molecule has 12 heavy (non-hydrogen) atoms. The van der Waals surface area contributed by atoms with E-state index in [0.717, 1.165) is 19.9 Å². The Hall–Kier alpha value is -0.500. The molecule has 0 aliphatic heterocycles. The minimum Gasteiger partial charge on any atom is -0.361 e. The molecule has 0 atom stereocenters. The van der Waals surface area contributed by atoms with Gasteiger partial charge in [0.15, 0.2) is 0 Å². The molecule has 0 aliphatic carbocycles. The van der Waals surface area contributed by atoms with E-state index in [-0.39, 0.29) is 0 Å². The number of allylic oxidation sites excluding steroid dienone is 1. The lowest BCUT2D eigenvalue weighted by atomic mass is 10.3. The Morgan fingerprint density at radius 2 is 2.08 bits per heavy atom. The summed E-state index contributed by atoms with van der Waals surface area (Å²) in [6, 6.07) is 0. The fraction of sp³-hybridized carbons (Fsp3) is 0.800. The van der Waals surface area contributed by atoms with Gasteiger partial charge in [0.05, 0.1) is 0 Å². The van der Waals surface area contributed by atoms with Gasteiger partial charge in [0.2, 0.25) is 0 Å². The summed E-state index contributed by atoms with van der Waals surface area (Å²) in [6.45, 7) is 8.87. The predicted octanol–water partition coefficient (Wildman–Crippen LogP) is 2.62. The van der Waals surface area contributed by atoms with Gasteiger partial charge < -0.3 is 9.64 Å². The number of rotatable bonds is 7. The molecule has 2 nitrogen and oxygen atoms in total. The molecule has 0 saturated heterocycles. The van der Waals surface area contributed by atoms with E-state index in [0.29, 0.717) is 0 Å². The lowest BCUT2D eigenvalue weighted by Crippen LogP contribution is -2.21. The number of hydrogen-bond acceptors (Lipinski definition) is 2. The molecule has 2 heteroatoms. The summed E-state index contributed by atoms with van der Waals surface area (Å²) < 4.78 is 5.32. The highest BCUT2D eigenvalue weighted by atomic mass is 16.5. The summed E-state index contributed by atoms with van der Waals surface area (Å²) >= 11 is 0. The van der Waals surface area contributed by atoms with Crippen LogP contribution in [0.25, 0.3) is 0 Å². The number of nitrogens with zero attached hydrogens (tertiary/aromatic N) is 1. The Kier molecular flexibility index (Phi) is 8.24. The van der Waals surface area contributed by atoms with Gasteiger partial charge in [0.1, 0.15) is 6.73 Å². The Balaban J connectivity index is 3.54. The molecule has 72 valence electrons. The van der Waals surface area contributed by atoms with Gasteiger partial charge in [-0.15, -0.1) is 0 Å². The monoisotopic (exact) mass is 171 g/mol. The van der Waals surface area contributed by atoms with Crippen LogP contribution in [0.2, 0.25) is 0 Å². The van der Waals surface area contributed by atoms with Crippen molar-refractivity contribution in [3.63, 3.8) is 0 Å². The third-order valence-electron chi connectivity index (χ3n) is 1.62. The molecule has 0 fully saturated rings. The van der Waals surface area contributed by atoms with Gasteiger partial charge in [0.25, 0.3) is 0 Å². The van der Waals surface area contributed by atoms with Crippen LogP contribution in [0.15, 0.2) is 12.3 Å². The fourth-order valence-corrected chi connectivity index (χ4v) is 0.963. The van der Waals surface area contributed by atoms with Crippen LogP contribution in [0.4, 0.5) is 0 Å². The average molecular weight is 171 g/mol. The molecule has 0 aromatic heterocycles. The van der Waals surface area contributed by atoms with Crippen molar-refractivity contribution < 1.29 is 4.74 Å². The predicted molar refractivity (Wildman–Crippen MR) is 52.9 cm³/mol. The molecule has 0 aromatic rings. The van der Waals surface area contributed by atoms with Gasteiger partial charge in [0, 0.05) is 13.2 Å². The quantitative estimate of drug-likeness (QED) is 0.546. The van der Waals surface area contributed by atoms with E-state index in [1.54, 1.807) is 0 Å². The summed E-state index contributed by atoms with van der Waals surface area (Å²) in [5.41, 5.74) is 0. The first kappa shape index (κ1) is 11.5. The van der Waals surface area contributed by atoms with Crippen LogP contribution >= 0.6 is 0 Å². The van der Waals surface area contributed by atoms with Crippen LogP contribution in [-0.4, -0.2) is 24.8 Å². The molecule has 0 spiro atoms. The molecule has 0 bridgehead atoms. The molecule has 0 radical (unpaired) electrons. The standard InChI is InChI=1S/C10H21NO/c1-4-7-9-11(8-5-2)10-12-6-3/h5,8H,4,6-7,9-10H2,1-3H3. The average Bonchev–Trinajstić information content (AvgIpc) is 2.10. The van der Waals surface area contributed by atoms with Gasteiger partial charge >= 0.3 is 0 Å². The summed E-state index contributed by atoms with van der Waals surface area (Å²) in [5.74, 6) is 0. The molecule has 0 N–H and O–H groups in total. The van der Waals surface area contributed by atoms with Crippen LogP contribution in [0.5, 0.6) is 0 Å². The smallest absolute Gasteiger partial charge is 0.118 e. The molecule has 0 heterocycles. The van der Waals surface area contributed by atoms with Gasteiger partial charge in [-0.25, -0.2) is 0 Å². The van der Waals surface area contributed by atoms with Gasteiger partial charge in [-0.3, -0.25) is 0 Å². The fourth-order valence-electron chi connectivity index (χ4n) is 0.963. The third-order valence-corrected chi connectivity index (χ3v) is 1.62. The maximum atomic E-state index is 5.32. The Bertz CT molecular complexity index is 104. The van der Waals surface area contributed by atoms with E-state index >= 15 is 0 Å². The second kappa shape index (κ2) is 8.60. The highest BCUT2D eigenvalue weighted by Crippen LogP contribution is 1.96. The number of ether oxygens (including phenoxy) is 1. The van der Waals surface area contributed by atoms with Crippen molar-refractivity contribution in [3.05, 3.63) is 12.3 Å². The Labute approximate surface area is 76.2 Å². The van der Waals surface area contributed by atoms with Crippen molar-refractivity contribution in [1.82, 2.24) is 4.90 Å². The highest BCUT2D eigenvalue weighted by molar-refractivity contribution is 4.76. The van der Waals surface area contributed by atoms with E-state index in [4.69, 9.17) is 4.74 Å². The van der Waals surface area contributed by atoms with Crippen LogP contribution in [0, 0.1) is 0 Å². The first-order chi connectivity index (χ1) is 5.85. The van der Waals surface area contributed by atoms with Crippen molar-refractivity contribution in [3.8, 4) is 0 Å². The van der Waals surface area contributed by atoms with E-state index in [9.17, 15) is 0 Å². The van der Waals surface area contributed by atoms with Gasteiger partial charge in [-0.1, -0.05) is 19.4 Å². The molecule has 0 amide bonds. The summed E-state index contributed by atoms with van der Waals surface area (Å²) in [6.07, 6.45) is 6.61. The van der Waals surface area contributed by atoms with Gasteiger partial charge in [-0.05, 0) is 26.5 Å². The molecule has 0 unspecified atom stereocenters. The van der Waals surface area contributed by atoms with E-state index < -0.39 is 0 Å². The van der Waals surface area contributed by atoms with Crippen LogP contribution in [-0.2, 0) is 4.74 Å². The number of unbranched alkanes of at least 4 members (excludes halogenated alkanes) is 1. The second-order valence-corrected chi connectivity index (χ2v) is 2.77. The topological polar surface area (TPSA) is 12.5 Å². The molecule has 0 aliphatic rings. The van der Waals surface area contributed by atoms with Crippen molar-refractivity contribution in [2.24, 2.45) is 0 Å². The summed E-state index contributed by atoms with van der Waals surface area (Å²) in [5, 5.41) is 0. The Morgan fingerprint density at radius 1 is 1.33 bits per heavy atom. The van der Waals surface area contributed by atoms with E-state index in [1.807, 2.05) is 13.8 Å². The summed E-state index contributed by atoms with van der Waals surface area (Å²) in [4.78, 5) is 2.20. The third kappa shape index (κ3) is 6.23. The number of hydrogen-bond donors (Lipinski definition) is 0. The van der Waals surface area contributed by atoms with Gasteiger partial charge in [-0.2, -0.15) is 0 Å². The maximum Gasteiger partial charge on any atom is 0.118 e. The lowest BCUT2D eigenvalue weighted by Gasteiger charge is -2.19. The van der Waals surface area contributed by atoms with Crippen molar-refractivity contribution >= 4 is 0 Å². The Morgan fingerprint density at radius 3 is 2.58 bits per heavy atom. The normalized spacial score (nSPS) is 10.9. The van der Waals surface area contributed by atoms with Crippen LogP contribution in [0.3, 0.4) is 0 Å². The minimum absolute atomic E-state index is 0.723. The van der Waals surface area contributed by atoms with Crippen LogP contribution in [0.1, 0.15) is 33.6 Å². The SMILES string of the molecule is CC=CN(CCCC)COCC. The lowest BCUT2D eigenvalue weighted by molar-refractivity contribution is 0.0618. The first-order valence-electron chi connectivity index (χ1n) is 4.79. The molecule has 0 saturated carbocycles. The van der Waals surface area contributed by atoms with Crippen molar-refractivity contribution in [1.29, 1.82) is 0 Å². The zero-order valence-electron chi connectivity index (χ0n) is 8.55. The molecular formula is C10H21NO. The highest BCUT2D eigenvalue weighted by Gasteiger charge is 1.95. The first-order valence-corrected chi connectivity index (χ1v) is 4.79. The van der Waals surface area contributed by atoms with E-state index in [2.05, 4.69) is 24.1 Å². The molecule has 0 aromatic carbocycles. The van der Waals surface area contributed by atoms with Crippen LogP contribution < -0.4 is 0 Å². The largest absolute Gasteiger partial charge is 0.361 e. The van der Waals surface area contributed by atoms with Crippen molar-refractivity contribution in [2.75, 3.05) is 19.9 Å².